The van der Waals surface area contributed by atoms with E-state index in [2.05, 4.69) is 0 Å². The minimum atomic E-state index is -5.59. The first kappa shape index (κ1) is 11.6. The predicted octanol–water partition coefficient (Wildman–Crippen LogP) is 2.16. The molecule has 0 saturated carbocycles. The highest BCUT2D eigenvalue weighted by Gasteiger charge is 2.57. The average Bonchev–Trinajstić information content (AvgIpc) is 1.84. The third kappa shape index (κ3) is 2.92. The van der Waals surface area contributed by atoms with Gasteiger partial charge in [0.2, 0.25) is 0 Å². The molecule has 0 saturated heterocycles. The van der Waals surface area contributed by atoms with Crippen LogP contribution in [-0.4, -0.2) is 23.3 Å². The lowest BCUT2D eigenvalue weighted by molar-refractivity contribution is -0.289. The lowest BCUT2D eigenvalue weighted by Crippen LogP contribution is -2.39. The monoisotopic (exact) mass is 191 g/mol. The molecule has 1 radical (unpaired) electrons. The molecule has 0 aromatic rings. The van der Waals surface area contributed by atoms with Crippen molar-refractivity contribution in [1.82, 2.24) is 0 Å². The van der Waals surface area contributed by atoms with Crippen molar-refractivity contribution in [3.8, 4) is 0 Å². The average molecular weight is 191 g/mol. The third-order valence-electron chi connectivity index (χ3n) is 1.27. The standard InChI is InChI=1S/C6H8F5O/c1-2-4(12)3-5(7,8)6(9,10)11/h2,4,12H,3H2,1H3. The minimum Gasteiger partial charge on any atom is -0.393 e. The van der Waals surface area contributed by atoms with Crippen molar-refractivity contribution < 1.29 is 27.1 Å². The Labute approximate surface area is 66.2 Å². The third-order valence-corrected chi connectivity index (χ3v) is 1.27. The van der Waals surface area contributed by atoms with Crippen LogP contribution in [0.3, 0.4) is 0 Å². The van der Waals surface area contributed by atoms with E-state index in [0.717, 1.165) is 6.42 Å². The second-order valence-corrected chi connectivity index (χ2v) is 2.31. The van der Waals surface area contributed by atoms with Crippen LogP contribution in [0.25, 0.3) is 0 Å². The van der Waals surface area contributed by atoms with Gasteiger partial charge in [0, 0.05) is 6.42 Å². The van der Waals surface area contributed by atoms with Crippen LogP contribution >= 0.6 is 0 Å². The van der Waals surface area contributed by atoms with Gasteiger partial charge in [0.1, 0.15) is 0 Å². The quantitative estimate of drug-likeness (QED) is 0.677. The second-order valence-electron chi connectivity index (χ2n) is 2.31. The fourth-order valence-electron chi connectivity index (χ4n) is 0.496. The number of alkyl halides is 5. The Morgan fingerprint density at radius 1 is 1.25 bits per heavy atom. The summed E-state index contributed by atoms with van der Waals surface area (Å²) in [5, 5.41) is 8.52. The van der Waals surface area contributed by atoms with Crippen molar-refractivity contribution in [3.05, 3.63) is 6.42 Å². The van der Waals surface area contributed by atoms with E-state index in [0.29, 0.717) is 0 Å². The summed E-state index contributed by atoms with van der Waals surface area (Å²) in [5.41, 5.74) is 0. The highest BCUT2D eigenvalue weighted by atomic mass is 19.4. The predicted molar refractivity (Wildman–Crippen MR) is 31.6 cm³/mol. The lowest BCUT2D eigenvalue weighted by atomic mass is 10.1. The van der Waals surface area contributed by atoms with Crippen LogP contribution in [0, 0.1) is 6.42 Å². The molecule has 1 nitrogen and oxygen atoms in total. The molecule has 0 aromatic carbocycles. The molecule has 0 aliphatic carbocycles. The first-order valence-corrected chi connectivity index (χ1v) is 3.13. The molecule has 0 heterocycles. The van der Waals surface area contributed by atoms with Gasteiger partial charge in [-0.05, 0) is 6.42 Å². The Morgan fingerprint density at radius 2 is 1.67 bits per heavy atom. The van der Waals surface area contributed by atoms with Gasteiger partial charge in [-0.1, -0.05) is 6.92 Å². The zero-order valence-electron chi connectivity index (χ0n) is 6.20. The van der Waals surface area contributed by atoms with E-state index >= 15 is 0 Å². The number of hydrogen-bond donors (Lipinski definition) is 1. The molecule has 0 rings (SSSR count). The second kappa shape index (κ2) is 3.55. The largest absolute Gasteiger partial charge is 0.453 e. The van der Waals surface area contributed by atoms with Gasteiger partial charge < -0.3 is 5.11 Å². The van der Waals surface area contributed by atoms with E-state index in [1.54, 1.807) is 0 Å². The molecule has 0 bridgehead atoms. The van der Waals surface area contributed by atoms with Gasteiger partial charge in [-0.3, -0.25) is 0 Å². The molecule has 0 aliphatic rings. The van der Waals surface area contributed by atoms with E-state index < -0.39 is 24.6 Å². The molecule has 12 heavy (non-hydrogen) atoms. The van der Waals surface area contributed by atoms with Crippen molar-refractivity contribution in [3.63, 3.8) is 0 Å². The van der Waals surface area contributed by atoms with Crippen molar-refractivity contribution in [2.45, 2.75) is 31.5 Å². The Morgan fingerprint density at radius 3 is 1.92 bits per heavy atom. The summed E-state index contributed by atoms with van der Waals surface area (Å²) in [6.07, 6.45) is -8.06. The SMILES string of the molecule is C[CH]C(O)CC(F)(F)C(F)(F)F. The van der Waals surface area contributed by atoms with Crippen molar-refractivity contribution in [2.75, 3.05) is 0 Å². The van der Waals surface area contributed by atoms with E-state index in [-0.39, 0.29) is 0 Å². The maximum absolute atomic E-state index is 12.1. The summed E-state index contributed by atoms with van der Waals surface area (Å²) in [7, 11) is 0. The van der Waals surface area contributed by atoms with Crippen LogP contribution in [0.5, 0.6) is 0 Å². The van der Waals surface area contributed by atoms with Crippen LogP contribution in [0.1, 0.15) is 13.3 Å². The number of hydrogen-bond acceptors (Lipinski definition) is 1. The Bertz CT molecular complexity index is 141. The van der Waals surface area contributed by atoms with Gasteiger partial charge in [0.05, 0.1) is 6.10 Å². The van der Waals surface area contributed by atoms with E-state index in [4.69, 9.17) is 5.11 Å². The Balaban J connectivity index is 4.22. The zero-order valence-corrected chi connectivity index (χ0v) is 6.20. The molecule has 73 valence electrons. The summed E-state index contributed by atoms with van der Waals surface area (Å²) >= 11 is 0. The Kier molecular flexibility index (Phi) is 3.44. The zero-order chi connectivity index (χ0) is 9.99. The van der Waals surface area contributed by atoms with E-state index in [1.165, 1.54) is 6.92 Å². The number of aliphatic hydroxyl groups excluding tert-OH is 1. The summed E-state index contributed by atoms with van der Waals surface area (Å²) in [6, 6.07) is 0. The molecule has 0 fully saturated rings. The summed E-state index contributed by atoms with van der Waals surface area (Å²) in [5.74, 6) is -4.82. The molecular weight excluding hydrogens is 183 g/mol. The minimum absolute atomic E-state index is 0.875. The molecule has 1 N–H and O–H groups in total. The van der Waals surface area contributed by atoms with Crippen molar-refractivity contribution in [2.24, 2.45) is 0 Å². The number of aliphatic hydroxyl groups is 1. The highest BCUT2D eigenvalue weighted by Crippen LogP contribution is 2.38. The van der Waals surface area contributed by atoms with Gasteiger partial charge in [-0.2, -0.15) is 22.0 Å². The lowest BCUT2D eigenvalue weighted by Gasteiger charge is -2.21. The van der Waals surface area contributed by atoms with E-state index in [1.807, 2.05) is 0 Å². The first-order chi connectivity index (χ1) is 5.20. The highest BCUT2D eigenvalue weighted by molar-refractivity contribution is 4.83. The molecule has 1 atom stereocenters. The molecule has 0 aliphatic heterocycles. The van der Waals surface area contributed by atoms with Gasteiger partial charge >= 0.3 is 12.1 Å². The number of rotatable bonds is 3. The smallest absolute Gasteiger partial charge is 0.393 e. The summed E-state index contributed by atoms with van der Waals surface area (Å²) in [4.78, 5) is 0. The Hall–Kier alpha value is -0.390. The van der Waals surface area contributed by atoms with Crippen LogP contribution in [0.15, 0.2) is 0 Å². The maximum atomic E-state index is 12.1. The molecule has 0 aromatic heterocycles. The molecule has 1 unspecified atom stereocenters. The first-order valence-electron chi connectivity index (χ1n) is 3.13. The number of halogens is 5. The van der Waals surface area contributed by atoms with Crippen LogP contribution in [0.4, 0.5) is 22.0 Å². The summed E-state index contributed by atoms with van der Waals surface area (Å²) in [6.45, 7) is 1.21. The van der Waals surface area contributed by atoms with Gasteiger partial charge in [0.25, 0.3) is 0 Å². The van der Waals surface area contributed by atoms with Crippen LogP contribution in [-0.2, 0) is 0 Å². The molecule has 0 amide bonds. The normalized spacial score (nSPS) is 16.2. The van der Waals surface area contributed by atoms with Crippen LogP contribution < -0.4 is 0 Å². The molecule has 6 heteroatoms. The van der Waals surface area contributed by atoms with Crippen LogP contribution in [0.2, 0.25) is 0 Å². The topological polar surface area (TPSA) is 20.2 Å². The van der Waals surface area contributed by atoms with Crippen molar-refractivity contribution in [1.29, 1.82) is 0 Å². The molecular formula is C6H8F5O. The van der Waals surface area contributed by atoms with Gasteiger partial charge in [-0.25, -0.2) is 0 Å². The fraction of sp³-hybridized carbons (Fsp3) is 0.833. The van der Waals surface area contributed by atoms with Crippen molar-refractivity contribution >= 4 is 0 Å². The van der Waals surface area contributed by atoms with Gasteiger partial charge in [-0.15, -0.1) is 0 Å². The fourth-order valence-corrected chi connectivity index (χ4v) is 0.496. The molecule has 0 spiro atoms. The maximum Gasteiger partial charge on any atom is 0.453 e. The van der Waals surface area contributed by atoms with E-state index in [9.17, 15) is 22.0 Å². The summed E-state index contributed by atoms with van der Waals surface area (Å²) < 4.78 is 58.5. The van der Waals surface area contributed by atoms with Gasteiger partial charge in [0.15, 0.2) is 0 Å².